The molecule has 1 aromatic carbocycles. The summed E-state index contributed by atoms with van der Waals surface area (Å²) in [4.78, 5) is 20.1. The van der Waals surface area contributed by atoms with Gasteiger partial charge in [0, 0.05) is 11.6 Å². The summed E-state index contributed by atoms with van der Waals surface area (Å²) in [7, 11) is 0. The van der Waals surface area contributed by atoms with Gasteiger partial charge in [0.1, 0.15) is 0 Å². The molecule has 4 heteroatoms. The fraction of sp³-hybridized carbons (Fsp3) is 0.200. The largest absolute Gasteiger partial charge is 0.478 e. The van der Waals surface area contributed by atoms with E-state index in [1.54, 1.807) is 6.08 Å². The molecular formula is C15H18O4. The van der Waals surface area contributed by atoms with Crippen LogP contribution in [0.1, 0.15) is 25.3 Å². The van der Waals surface area contributed by atoms with Crippen molar-refractivity contribution in [2.75, 3.05) is 0 Å². The van der Waals surface area contributed by atoms with Crippen LogP contribution in [0.5, 0.6) is 0 Å². The fourth-order valence-electron chi connectivity index (χ4n) is 1.14. The van der Waals surface area contributed by atoms with E-state index >= 15 is 0 Å². The number of carboxylic acid groups (broad SMARTS) is 2. The van der Waals surface area contributed by atoms with Crippen LogP contribution in [-0.2, 0) is 9.59 Å². The third-order valence-electron chi connectivity index (χ3n) is 2.07. The van der Waals surface area contributed by atoms with Gasteiger partial charge in [0.2, 0.25) is 0 Å². The van der Waals surface area contributed by atoms with Crippen LogP contribution >= 0.6 is 0 Å². The molecule has 0 fully saturated rings. The first-order valence-corrected chi connectivity index (χ1v) is 5.84. The van der Waals surface area contributed by atoms with Gasteiger partial charge in [-0.3, -0.25) is 0 Å². The first-order chi connectivity index (χ1) is 8.97. The number of hydrogen-bond donors (Lipinski definition) is 2. The van der Waals surface area contributed by atoms with E-state index < -0.39 is 11.9 Å². The summed E-state index contributed by atoms with van der Waals surface area (Å²) in [6.45, 7) is 5.27. The Kier molecular flexibility index (Phi) is 8.45. The Morgan fingerprint density at radius 2 is 1.79 bits per heavy atom. The Morgan fingerprint density at radius 1 is 1.21 bits per heavy atom. The standard InChI is InChI=1S/C9H8O2.C6H10O2/c10-9(11)7-6-8-4-2-1-3-5-8;1-3-4-5(2)6(7)8/h1-7H,(H,10,11);2-4H2,1H3,(H,7,8). The van der Waals surface area contributed by atoms with Gasteiger partial charge < -0.3 is 10.2 Å². The normalized spacial score (nSPS) is 9.53. The lowest BCUT2D eigenvalue weighted by Gasteiger charge is -1.92. The Hall–Kier alpha value is -2.36. The molecule has 0 aliphatic carbocycles. The van der Waals surface area contributed by atoms with Gasteiger partial charge in [-0.2, -0.15) is 0 Å². The minimum Gasteiger partial charge on any atom is -0.478 e. The number of rotatable bonds is 5. The second kappa shape index (κ2) is 9.65. The Balaban J connectivity index is 0.000000362. The van der Waals surface area contributed by atoms with Crippen LogP contribution < -0.4 is 0 Å². The summed E-state index contributed by atoms with van der Waals surface area (Å²) >= 11 is 0. The van der Waals surface area contributed by atoms with E-state index in [4.69, 9.17) is 10.2 Å². The van der Waals surface area contributed by atoms with Crippen LogP contribution in [0.3, 0.4) is 0 Å². The van der Waals surface area contributed by atoms with E-state index in [9.17, 15) is 9.59 Å². The van der Waals surface area contributed by atoms with Crippen LogP contribution in [0, 0.1) is 0 Å². The zero-order valence-corrected chi connectivity index (χ0v) is 10.9. The first-order valence-electron chi connectivity index (χ1n) is 5.84. The molecule has 0 amide bonds. The SMILES string of the molecule is C=C(CCC)C(=O)O.O=C(O)C=Cc1ccccc1. The maximum absolute atomic E-state index is 10.1. The number of aliphatic carboxylic acids is 2. The van der Waals surface area contributed by atoms with Crippen molar-refractivity contribution < 1.29 is 19.8 Å². The molecule has 2 N–H and O–H groups in total. The molecule has 0 aromatic heterocycles. The summed E-state index contributed by atoms with van der Waals surface area (Å²) in [5, 5.41) is 16.5. The minimum atomic E-state index is -0.922. The van der Waals surface area contributed by atoms with Crippen molar-refractivity contribution in [3.8, 4) is 0 Å². The fourth-order valence-corrected chi connectivity index (χ4v) is 1.14. The molecule has 0 atom stereocenters. The zero-order valence-electron chi connectivity index (χ0n) is 10.9. The minimum absolute atomic E-state index is 0.299. The van der Waals surface area contributed by atoms with Gasteiger partial charge in [-0.25, -0.2) is 9.59 Å². The highest BCUT2D eigenvalue weighted by Gasteiger charge is 1.99. The van der Waals surface area contributed by atoms with Crippen molar-refractivity contribution in [1.82, 2.24) is 0 Å². The van der Waals surface area contributed by atoms with E-state index in [2.05, 4.69) is 6.58 Å². The molecule has 0 radical (unpaired) electrons. The quantitative estimate of drug-likeness (QED) is 0.799. The van der Waals surface area contributed by atoms with Crippen molar-refractivity contribution in [2.24, 2.45) is 0 Å². The van der Waals surface area contributed by atoms with Gasteiger partial charge in [-0.05, 0) is 18.1 Å². The average Bonchev–Trinajstić information content (AvgIpc) is 2.38. The summed E-state index contributed by atoms with van der Waals surface area (Å²) in [6, 6.07) is 9.31. The average molecular weight is 262 g/mol. The van der Waals surface area contributed by atoms with Crippen molar-refractivity contribution in [2.45, 2.75) is 19.8 Å². The molecule has 0 unspecified atom stereocenters. The second-order valence-electron chi connectivity index (χ2n) is 3.74. The van der Waals surface area contributed by atoms with Crippen LogP contribution in [0.25, 0.3) is 6.08 Å². The molecular weight excluding hydrogens is 244 g/mol. The molecule has 0 aliphatic rings. The molecule has 0 saturated heterocycles. The highest BCUT2D eigenvalue weighted by Crippen LogP contribution is 2.00. The van der Waals surface area contributed by atoms with Gasteiger partial charge >= 0.3 is 11.9 Å². The topological polar surface area (TPSA) is 74.6 Å². The summed E-state index contributed by atoms with van der Waals surface area (Å²) in [6.07, 6.45) is 4.12. The molecule has 102 valence electrons. The third kappa shape index (κ3) is 9.35. The summed E-state index contributed by atoms with van der Waals surface area (Å²) < 4.78 is 0. The lowest BCUT2D eigenvalue weighted by molar-refractivity contribution is -0.133. The monoisotopic (exact) mass is 262 g/mol. The van der Waals surface area contributed by atoms with Crippen LogP contribution in [0.4, 0.5) is 0 Å². The molecule has 0 bridgehead atoms. The van der Waals surface area contributed by atoms with Crippen molar-refractivity contribution in [3.05, 3.63) is 54.1 Å². The van der Waals surface area contributed by atoms with E-state index in [1.807, 2.05) is 37.3 Å². The van der Waals surface area contributed by atoms with Crippen LogP contribution in [0.15, 0.2) is 48.6 Å². The lowest BCUT2D eigenvalue weighted by atomic mass is 10.2. The summed E-state index contributed by atoms with van der Waals surface area (Å²) in [5.74, 6) is -1.80. The van der Waals surface area contributed by atoms with Gasteiger partial charge in [-0.1, -0.05) is 50.3 Å². The lowest BCUT2D eigenvalue weighted by Crippen LogP contribution is -1.97. The van der Waals surface area contributed by atoms with Gasteiger partial charge in [-0.15, -0.1) is 0 Å². The van der Waals surface area contributed by atoms with E-state index in [0.717, 1.165) is 18.1 Å². The van der Waals surface area contributed by atoms with Crippen molar-refractivity contribution >= 4 is 18.0 Å². The third-order valence-corrected chi connectivity index (χ3v) is 2.07. The van der Waals surface area contributed by atoms with Gasteiger partial charge in [0.05, 0.1) is 0 Å². The number of hydrogen-bond acceptors (Lipinski definition) is 2. The van der Waals surface area contributed by atoms with Gasteiger partial charge in [0.15, 0.2) is 0 Å². The zero-order chi connectivity index (χ0) is 14.7. The van der Waals surface area contributed by atoms with E-state index in [0.29, 0.717) is 12.0 Å². The Labute approximate surface area is 112 Å². The van der Waals surface area contributed by atoms with E-state index in [-0.39, 0.29) is 0 Å². The first kappa shape index (κ1) is 16.6. The molecule has 0 aliphatic heterocycles. The predicted octanol–water partition coefficient (Wildman–Crippen LogP) is 3.21. The molecule has 4 nitrogen and oxygen atoms in total. The summed E-state index contributed by atoms with van der Waals surface area (Å²) in [5.41, 5.74) is 1.20. The molecule has 0 heterocycles. The number of carbonyl (C=O) groups is 2. The number of carboxylic acids is 2. The van der Waals surface area contributed by atoms with Crippen LogP contribution in [0.2, 0.25) is 0 Å². The smallest absolute Gasteiger partial charge is 0.330 e. The van der Waals surface area contributed by atoms with Crippen LogP contribution in [-0.4, -0.2) is 22.2 Å². The van der Waals surface area contributed by atoms with Crippen molar-refractivity contribution in [1.29, 1.82) is 0 Å². The second-order valence-corrected chi connectivity index (χ2v) is 3.74. The highest BCUT2D eigenvalue weighted by atomic mass is 16.4. The number of benzene rings is 1. The Morgan fingerprint density at radius 3 is 2.16 bits per heavy atom. The Bertz CT molecular complexity index is 446. The van der Waals surface area contributed by atoms with Gasteiger partial charge in [0.25, 0.3) is 0 Å². The molecule has 0 spiro atoms. The predicted molar refractivity (Wildman–Crippen MR) is 74.8 cm³/mol. The molecule has 1 aromatic rings. The maximum Gasteiger partial charge on any atom is 0.330 e. The molecule has 1 rings (SSSR count). The van der Waals surface area contributed by atoms with E-state index in [1.165, 1.54) is 0 Å². The maximum atomic E-state index is 10.1. The molecule has 19 heavy (non-hydrogen) atoms. The molecule has 0 saturated carbocycles. The highest BCUT2D eigenvalue weighted by molar-refractivity contribution is 5.85. The van der Waals surface area contributed by atoms with Crippen molar-refractivity contribution in [3.63, 3.8) is 0 Å².